The highest BCUT2D eigenvalue weighted by molar-refractivity contribution is 5.29. The number of allylic oxidation sites excluding steroid dienone is 1. The van der Waals surface area contributed by atoms with Gasteiger partial charge in [0.1, 0.15) is 0 Å². The molecule has 0 aliphatic heterocycles. The van der Waals surface area contributed by atoms with E-state index < -0.39 is 11.7 Å². The third kappa shape index (κ3) is 7.27. The van der Waals surface area contributed by atoms with Crippen molar-refractivity contribution in [2.24, 2.45) is 11.8 Å². The molecule has 1 aromatic carbocycles. The number of benzene rings is 1. The third-order valence-electron chi connectivity index (χ3n) is 9.10. The van der Waals surface area contributed by atoms with Crippen LogP contribution in [0.4, 0.5) is 13.2 Å². The van der Waals surface area contributed by atoms with Crippen LogP contribution in [0.25, 0.3) is 0 Å². The van der Waals surface area contributed by atoms with Crippen LogP contribution in [0, 0.1) is 11.8 Å². The minimum atomic E-state index is -4.31. The lowest BCUT2D eigenvalue weighted by Crippen LogP contribution is -2.49. The molecule has 5 heteroatoms. The molecule has 1 N–H and O–H groups in total. The molecule has 3 atom stereocenters. The van der Waals surface area contributed by atoms with Crippen molar-refractivity contribution >= 4 is 0 Å². The summed E-state index contributed by atoms with van der Waals surface area (Å²) in [6.45, 7) is 4.83. The van der Waals surface area contributed by atoms with E-state index in [2.05, 4.69) is 11.5 Å². The Labute approximate surface area is 210 Å². The molecule has 35 heavy (non-hydrogen) atoms. The number of hydrogen-bond donors (Lipinski definition) is 1. The van der Waals surface area contributed by atoms with Gasteiger partial charge in [0.15, 0.2) is 0 Å². The lowest BCUT2D eigenvalue weighted by molar-refractivity contribution is -0.137. The van der Waals surface area contributed by atoms with Gasteiger partial charge in [0.05, 0.1) is 11.3 Å². The SMILES string of the molecule is C=C(O)C[C@@H]1CC[C@@H](N(CCC2CCCCC2)C2CCCCC2)[C@H](c2ccc(C(F)(F)F)cc2)C1. The van der Waals surface area contributed by atoms with Crippen molar-refractivity contribution in [1.82, 2.24) is 4.90 Å². The molecule has 0 saturated heterocycles. The van der Waals surface area contributed by atoms with Gasteiger partial charge in [0, 0.05) is 18.5 Å². The monoisotopic (exact) mass is 491 g/mol. The summed E-state index contributed by atoms with van der Waals surface area (Å²) in [7, 11) is 0. The summed E-state index contributed by atoms with van der Waals surface area (Å²) in [6, 6.07) is 6.91. The van der Waals surface area contributed by atoms with E-state index in [9.17, 15) is 18.3 Å². The van der Waals surface area contributed by atoms with Crippen molar-refractivity contribution < 1.29 is 18.3 Å². The first-order valence-electron chi connectivity index (χ1n) is 14.1. The van der Waals surface area contributed by atoms with Crippen LogP contribution in [-0.2, 0) is 6.18 Å². The molecule has 0 radical (unpaired) electrons. The topological polar surface area (TPSA) is 23.5 Å². The maximum Gasteiger partial charge on any atom is 0.416 e. The fraction of sp³-hybridized carbons (Fsp3) is 0.733. The normalized spacial score (nSPS) is 27.3. The van der Waals surface area contributed by atoms with Gasteiger partial charge < -0.3 is 5.11 Å². The minimum Gasteiger partial charge on any atom is -0.513 e. The second-order valence-corrected chi connectivity index (χ2v) is 11.6. The van der Waals surface area contributed by atoms with E-state index in [0.717, 1.165) is 37.3 Å². The molecule has 4 rings (SSSR count). The number of nitrogens with zero attached hydrogens (tertiary/aromatic N) is 1. The standard InChI is InChI=1S/C30H44F3NO/c1-22(35)20-24-12-17-29(28(21-24)25-13-15-26(16-14-25)30(31,32)33)34(27-10-6-3-7-11-27)19-18-23-8-4-2-5-9-23/h13-16,23-24,27-29,35H,1-12,17-21H2/t24-,28-,29+/m0/s1. The Bertz CT molecular complexity index is 793. The van der Waals surface area contributed by atoms with Gasteiger partial charge in [-0.3, -0.25) is 4.90 Å². The van der Waals surface area contributed by atoms with Gasteiger partial charge in [0.2, 0.25) is 0 Å². The number of aliphatic hydroxyl groups is 1. The molecule has 196 valence electrons. The largest absolute Gasteiger partial charge is 0.513 e. The predicted molar refractivity (Wildman–Crippen MR) is 136 cm³/mol. The number of halogens is 3. The fourth-order valence-electron chi connectivity index (χ4n) is 7.27. The van der Waals surface area contributed by atoms with E-state index in [4.69, 9.17) is 0 Å². The molecular formula is C30H44F3NO. The Hall–Kier alpha value is -1.49. The van der Waals surface area contributed by atoms with Crippen LogP contribution in [-0.4, -0.2) is 28.6 Å². The lowest BCUT2D eigenvalue weighted by Gasteiger charge is -2.47. The van der Waals surface area contributed by atoms with E-state index in [0.29, 0.717) is 24.4 Å². The highest BCUT2D eigenvalue weighted by Gasteiger charge is 2.39. The molecular weight excluding hydrogens is 447 g/mol. The molecule has 3 aliphatic rings. The molecule has 0 aromatic heterocycles. The van der Waals surface area contributed by atoms with Crippen molar-refractivity contribution in [2.45, 2.75) is 120 Å². The molecule has 0 spiro atoms. The Morgan fingerprint density at radius 3 is 2.09 bits per heavy atom. The minimum absolute atomic E-state index is 0.198. The Morgan fingerprint density at radius 1 is 0.857 bits per heavy atom. The van der Waals surface area contributed by atoms with Crippen molar-refractivity contribution in [3.05, 3.63) is 47.7 Å². The van der Waals surface area contributed by atoms with Crippen molar-refractivity contribution in [1.29, 1.82) is 0 Å². The molecule has 3 saturated carbocycles. The van der Waals surface area contributed by atoms with Crippen LogP contribution >= 0.6 is 0 Å². The van der Waals surface area contributed by atoms with Crippen LogP contribution in [0.5, 0.6) is 0 Å². The summed E-state index contributed by atoms with van der Waals surface area (Å²) in [4.78, 5) is 2.81. The first kappa shape index (κ1) is 26.6. The van der Waals surface area contributed by atoms with Crippen LogP contribution in [0.1, 0.15) is 113 Å². The molecule has 3 fully saturated rings. The van der Waals surface area contributed by atoms with Crippen LogP contribution in [0.2, 0.25) is 0 Å². The summed E-state index contributed by atoms with van der Waals surface area (Å²) in [5, 5.41) is 9.86. The van der Waals surface area contributed by atoms with E-state index in [1.807, 2.05) is 0 Å². The van der Waals surface area contributed by atoms with Gasteiger partial charge in [-0.05, 0) is 80.5 Å². The molecule has 0 unspecified atom stereocenters. The van der Waals surface area contributed by atoms with E-state index in [1.54, 1.807) is 12.1 Å². The molecule has 3 aliphatic carbocycles. The zero-order chi connectivity index (χ0) is 24.8. The van der Waals surface area contributed by atoms with Gasteiger partial charge >= 0.3 is 6.18 Å². The Morgan fingerprint density at radius 2 is 1.49 bits per heavy atom. The predicted octanol–water partition coefficient (Wildman–Crippen LogP) is 9.02. The highest BCUT2D eigenvalue weighted by atomic mass is 19.4. The quantitative estimate of drug-likeness (QED) is 0.367. The van der Waals surface area contributed by atoms with Crippen LogP contribution < -0.4 is 0 Å². The summed E-state index contributed by atoms with van der Waals surface area (Å²) < 4.78 is 39.7. The molecule has 0 heterocycles. The van der Waals surface area contributed by atoms with Gasteiger partial charge in [0.25, 0.3) is 0 Å². The van der Waals surface area contributed by atoms with E-state index in [1.165, 1.54) is 82.8 Å². The van der Waals surface area contributed by atoms with Gasteiger partial charge in [-0.15, -0.1) is 0 Å². The third-order valence-corrected chi connectivity index (χ3v) is 9.10. The van der Waals surface area contributed by atoms with Gasteiger partial charge in [-0.2, -0.15) is 13.2 Å². The van der Waals surface area contributed by atoms with Crippen molar-refractivity contribution in [2.75, 3.05) is 6.54 Å². The average Bonchev–Trinajstić information content (AvgIpc) is 2.85. The van der Waals surface area contributed by atoms with E-state index in [-0.39, 0.29) is 11.7 Å². The Balaban J connectivity index is 1.58. The first-order chi connectivity index (χ1) is 16.8. The van der Waals surface area contributed by atoms with Crippen LogP contribution in [0.3, 0.4) is 0 Å². The second-order valence-electron chi connectivity index (χ2n) is 11.6. The first-order valence-corrected chi connectivity index (χ1v) is 14.1. The second kappa shape index (κ2) is 12.2. The molecule has 2 nitrogen and oxygen atoms in total. The zero-order valence-electron chi connectivity index (χ0n) is 21.2. The number of hydrogen-bond acceptors (Lipinski definition) is 2. The maximum atomic E-state index is 13.2. The van der Waals surface area contributed by atoms with E-state index >= 15 is 0 Å². The Kier molecular flexibility index (Phi) is 9.24. The number of alkyl halides is 3. The zero-order valence-corrected chi connectivity index (χ0v) is 21.2. The summed E-state index contributed by atoms with van der Waals surface area (Å²) in [6.07, 6.45) is 13.7. The van der Waals surface area contributed by atoms with Gasteiger partial charge in [-0.1, -0.05) is 70.1 Å². The summed E-state index contributed by atoms with van der Waals surface area (Å²) in [5.74, 6) is 1.58. The smallest absolute Gasteiger partial charge is 0.416 e. The summed E-state index contributed by atoms with van der Waals surface area (Å²) >= 11 is 0. The fourth-order valence-corrected chi connectivity index (χ4v) is 7.27. The highest BCUT2D eigenvalue weighted by Crippen LogP contribution is 2.44. The molecule has 0 bridgehead atoms. The lowest BCUT2D eigenvalue weighted by atomic mass is 9.72. The average molecular weight is 492 g/mol. The van der Waals surface area contributed by atoms with Crippen LogP contribution in [0.15, 0.2) is 36.6 Å². The maximum absolute atomic E-state index is 13.2. The summed E-state index contributed by atoms with van der Waals surface area (Å²) in [5.41, 5.74) is 0.449. The van der Waals surface area contributed by atoms with Gasteiger partial charge in [-0.25, -0.2) is 0 Å². The van der Waals surface area contributed by atoms with Crippen molar-refractivity contribution in [3.8, 4) is 0 Å². The van der Waals surface area contributed by atoms with Crippen molar-refractivity contribution in [3.63, 3.8) is 0 Å². The number of aliphatic hydroxyl groups excluding tert-OH is 1. The number of rotatable bonds is 8. The molecule has 0 amide bonds. The molecule has 1 aromatic rings.